The maximum Gasteiger partial charge on any atom is 0.257 e. The minimum absolute atomic E-state index is 0.0103. The Bertz CT molecular complexity index is 1130. The molecule has 3 heterocycles. The lowest BCUT2D eigenvalue weighted by molar-refractivity contribution is -0.134. The smallest absolute Gasteiger partial charge is 0.257 e. The zero-order valence-electron chi connectivity index (χ0n) is 19.2. The van der Waals surface area contributed by atoms with Gasteiger partial charge in [0.2, 0.25) is 5.95 Å². The van der Waals surface area contributed by atoms with Crippen molar-refractivity contribution < 1.29 is 9.53 Å². The Morgan fingerprint density at radius 1 is 0.941 bits per heavy atom. The summed E-state index contributed by atoms with van der Waals surface area (Å²) in [5.41, 5.74) is 3.03. The van der Waals surface area contributed by atoms with Crippen LogP contribution in [0.3, 0.4) is 0 Å². The second-order valence-corrected chi connectivity index (χ2v) is 8.46. The fourth-order valence-corrected chi connectivity index (χ4v) is 4.46. The third kappa shape index (κ3) is 4.77. The molecule has 5 rings (SSSR count). The van der Waals surface area contributed by atoms with E-state index >= 15 is 0 Å². The van der Waals surface area contributed by atoms with Gasteiger partial charge in [-0.05, 0) is 29.3 Å². The number of amides is 1. The van der Waals surface area contributed by atoms with Crippen LogP contribution in [0.1, 0.15) is 23.6 Å². The van der Waals surface area contributed by atoms with Gasteiger partial charge in [0.25, 0.3) is 5.91 Å². The second kappa shape index (κ2) is 10.0. The summed E-state index contributed by atoms with van der Waals surface area (Å²) in [6, 6.07) is 19.7. The predicted octanol–water partition coefficient (Wildman–Crippen LogP) is 2.99. The highest BCUT2D eigenvalue weighted by molar-refractivity contribution is 6.03. The fraction of sp³-hybridized carbons (Fsp3) is 0.308. The second-order valence-electron chi connectivity index (χ2n) is 8.46. The van der Waals surface area contributed by atoms with Gasteiger partial charge in [-0.25, -0.2) is 15.0 Å². The highest BCUT2D eigenvalue weighted by atomic mass is 16.5. The lowest BCUT2D eigenvalue weighted by atomic mass is 9.98. The summed E-state index contributed by atoms with van der Waals surface area (Å²) >= 11 is 0. The van der Waals surface area contributed by atoms with Crippen LogP contribution in [0.25, 0.3) is 0 Å². The van der Waals surface area contributed by atoms with Crippen LogP contribution < -0.4 is 9.64 Å². The van der Waals surface area contributed by atoms with E-state index in [1.807, 2.05) is 60.7 Å². The van der Waals surface area contributed by atoms with Crippen molar-refractivity contribution in [1.82, 2.24) is 19.9 Å². The molecule has 1 unspecified atom stereocenters. The summed E-state index contributed by atoms with van der Waals surface area (Å²) in [5.74, 6) is 1.55. The summed E-state index contributed by atoms with van der Waals surface area (Å²) in [6.07, 6.45) is 4.20. The van der Waals surface area contributed by atoms with E-state index in [1.165, 1.54) is 0 Å². The topological polar surface area (TPSA) is 74.2 Å². The third-order valence-electron chi connectivity index (χ3n) is 6.34. The van der Waals surface area contributed by atoms with E-state index in [0.29, 0.717) is 13.0 Å². The van der Waals surface area contributed by atoms with Gasteiger partial charge in [-0.15, -0.1) is 0 Å². The van der Waals surface area contributed by atoms with Gasteiger partial charge in [-0.1, -0.05) is 42.5 Å². The number of rotatable bonds is 6. The van der Waals surface area contributed by atoms with Gasteiger partial charge in [0.15, 0.2) is 0 Å². The molecule has 0 bridgehead atoms. The molecule has 0 N–H and O–H groups in total. The molecule has 34 heavy (non-hydrogen) atoms. The Morgan fingerprint density at radius 3 is 2.32 bits per heavy atom. The average molecular weight is 457 g/mol. The molecular formula is C26H28N6O2. The van der Waals surface area contributed by atoms with E-state index in [4.69, 9.17) is 9.84 Å². The number of nitrogens with zero attached hydrogens (tertiary/aromatic N) is 6. The molecule has 2 aliphatic heterocycles. The number of carbonyl (C=O) groups is 1. The van der Waals surface area contributed by atoms with Crippen LogP contribution in [0.4, 0.5) is 5.95 Å². The SMILES string of the molecule is COc1ccc(C2CC(c3ccccc3)=NN2C(=O)CN2CCN(c3ncccn3)CC2)cc1. The van der Waals surface area contributed by atoms with Crippen molar-refractivity contribution in [3.05, 3.63) is 84.2 Å². The van der Waals surface area contributed by atoms with Crippen molar-refractivity contribution in [2.24, 2.45) is 5.10 Å². The molecule has 2 aromatic carbocycles. The molecule has 0 saturated carbocycles. The number of hydrogen-bond donors (Lipinski definition) is 0. The van der Waals surface area contributed by atoms with Crippen molar-refractivity contribution in [2.75, 3.05) is 44.7 Å². The van der Waals surface area contributed by atoms with Crippen LogP contribution in [0, 0.1) is 0 Å². The van der Waals surface area contributed by atoms with Crippen molar-refractivity contribution in [3.63, 3.8) is 0 Å². The third-order valence-corrected chi connectivity index (χ3v) is 6.34. The molecule has 3 aromatic rings. The minimum Gasteiger partial charge on any atom is -0.497 e. The number of piperazine rings is 1. The van der Waals surface area contributed by atoms with E-state index in [9.17, 15) is 4.79 Å². The van der Waals surface area contributed by atoms with Gasteiger partial charge in [-0.3, -0.25) is 9.69 Å². The number of methoxy groups -OCH3 is 1. The van der Waals surface area contributed by atoms with Crippen molar-refractivity contribution >= 4 is 17.6 Å². The molecule has 174 valence electrons. The highest BCUT2D eigenvalue weighted by Gasteiger charge is 2.34. The Hall–Kier alpha value is -3.78. The Morgan fingerprint density at radius 2 is 1.65 bits per heavy atom. The number of anilines is 1. The first-order valence-electron chi connectivity index (χ1n) is 11.5. The standard InChI is InChI=1S/C26H28N6O2/c1-34-22-10-8-21(9-11-22)24-18-23(20-6-3-2-4-7-20)29-32(24)25(33)19-30-14-16-31(17-15-30)26-27-12-5-13-28-26/h2-13,24H,14-19H2,1H3. The summed E-state index contributed by atoms with van der Waals surface area (Å²) < 4.78 is 5.31. The van der Waals surface area contributed by atoms with E-state index in [2.05, 4.69) is 19.8 Å². The van der Waals surface area contributed by atoms with Crippen molar-refractivity contribution in [2.45, 2.75) is 12.5 Å². The van der Waals surface area contributed by atoms with Crippen LogP contribution in [-0.2, 0) is 4.79 Å². The molecule has 1 atom stereocenters. The molecule has 8 heteroatoms. The van der Waals surface area contributed by atoms with E-state index < -0.39 is 0 Å². The lowest BCUT2D eigenvalue weighted by Crippen LogP contribution is -2.50. The highest BCUT2D eigenvalue weighted by Crippen LogP contribution is 2.33. The monoisotopic (exact) mass is 456 g/mol. The van der Waals surface area contributed by atoms with Crippen LogP contribution in [0.15, 0.2) is 78.2 Å². The molecule has 0 spiro atoms. The van der Waals surface area contributed by atoms with Gasteiger partial charge < -0.3 is 9.64 Å². The summed E-state index contributed by atoms with van der Waals surface area (Å²) in [6.45, 7) is 3.47. The first-order chi connectivity index (χ1) is 16.7. The number of ether oxygens (including phenoxy) is 1. The zero-order chi connectivity index (χ0) is 23.3. The van der Waals surface area contributed by atoms with Crippen LogP contribution in [0.2, 0.25) is 0 Å². The van der Waals surface area contributed by atoms with Crippen molar-refractivity contribution in [3.8, 4) is 5.75 Å². The molecule has 1 saturated heterocycles. The van der Waals surface area contributed by atoms with Crippen LogP contribution >= 0.6 is 0 Å². The molecule has 1 amide bonds. The van der Waals surface area contributed by atoms with Crippen LogP contribution in [0.5, 0.6) is 5.75 Å². The molecule has 0 aliphatic carbocycles. The predicted molar refractivity (Wildman–Crippen MR) is 131 cm³/mol. The Balaban J connectivity index is 1.30. The summed E-state index contributed by atoms with van der Waals surface area (Å²) in [5, 5.41) is 6.48. The maximum absolute atomic E-state index is 13.5. The minimum atomic E-state index is -0.132. The molecule has 1 aromatic heterocycles. The molecule has 2 aliphatic rings. The Kier molecular flexibility index (Phi) is 6.49. The Labute approximate surface area is 199 Å². The van der Waals surface area contributed by atoms with Gasteiger partial charge in [0, 0.05) is 45.0 Å². The number of benzene rings is 2. The molecule has 0 radical (unpaired) electrons. The van der Waals surface area contributed by atoms with Crippen molar-refractivity contribution in [1.29, 1.82) is 0 Å². The quantitative estimate of drug-likeness (QED) is 0.568. The summed E-state index contributed by atoms with van der Waals surface area (Å²) in [4.78, 5) is 26.5. The van der Waals surface area contributed by atoms with E-state index in [1.54, 1.807) is 24.5 Å². The number of carbonyl (C=O) groups excluding carboxylic acids is 1. The first-order valence-corrected chi connectivity index (χ1v) is 11.5. The number of hydrazone groups is 1. The van der Waals surface area contributed by atoms with Gasteiger partial charge in [0.05, 0.1) is 25.4 Å². The lowest BCUT2D eigenvalue weighted by Gasteiger charge is -2.35. The number of hydrogen-bond acceptors (Lipinski definition) is 7. The normalized spacial score (nSPS) is 18.6. The van der Waals surface area contributed by atoms with E-state index in [-0.39, 0.29) is 11.9 Å². The molecular weight excluding hydrogens is 428 g/mol. The largest absolute Gasteiger partial charge is 0.497 e. The van der Waals surface area contributed by atoms with Gasteiger partial charge >= 0.3 is 0 Å². The van der Waals surface area contributed by atoms with Gasteiger partial charge in [-0.2, -0.15) is 5.10 Å². The van der Waals surface area contributed by atoms with Crippen LogP contribution in [-0.4, -0.2) is 71.3 Å². The zero-order valence-corrected chi connectivity index (χ0v) is 19.2. The van der Waals surface area contributed by atoms with E-state index in [0.717, 1.165) is 54.7 Å². The maximum atomic E-state index is 13.5. The van der Waals surface area contributed by atoms with Gasteiger partial charge in [0.1, 0.15) is 5.75 Å². The first kappa shape index (κ1) is 22.0. The number of aromatic nitrogens is 2. The molecule has 8 nitrogen and oxygen atoms in total. The summed E-state index contributed by atoms with van der Waals surface area (Å²) in [7, 11) is 1.65. The average Bonchev–Trinajstić information content (AvgIpc) is 3.36. The fourth-order valence-electron chi connectivity index (χ4n) is 4.46. The molecule has 1 fully saturated rings.